The van der Waals surface area contributed by atoms with Gasteiger partial charge in [-0.3, -0.25) is 4.79 Å². The van der Waals surface area contributed by atoms with E-state index in [0.29, 0.717) is 6.04 Å². The molecule has 108 valence electrons. The minimum atomic E-state index is -0.358. The highest BCUT2D eigenvalue weighted by Gasteiger charge is 2.45. The van der Waals surface area contributed by atoms with E-state index in [-0.39, 0.29) is 17.4 Å². The maximum Gasteiger partial charge on any atom is 0.240 e. The van der Waals surface area contributed by atoms with Crippen LogP contribution in [0.5, 0.6) is 0 Å². The van der Waals surface area contributed by atoms with Crippen molar-refractivity contribution in [2.75, 3.05) is 6.54 Å². The Morgan fingerprint density at radius 1 is 1.05 bits per heavy atom. The minimum absolute atomic E-state index is 0.138. The highest BCUT2D eigenvalue weighted by molar-refractivity contribution is 5.83. The van der Waals surface area contributed by atoms with E-state index in [4.69, 9.17) is 5.73 Å². The van der Waals surface area contributed by atoms with Crippen LogP contribution < -0.4 is 5.73 Å². The number of carbonyl (C=O) groups excluding carboxylic acids is 1. The van der Waals surface area contributed by atoms with Crippen LogP contribution in [0.4, 0.5) is 0 Å². The SMILES string of the molecule is CC(C)(C)[C@H](N)C(=O)N1CC2CC3CC(C2)CC1C3. The van der Waals surface area contributed by atoms with Crippen LogP contribution in [0.25, 0.3) is 0 Å². The number of amides is 1. The van der Waals surface area contributed by atoms with E-state index in [1.165, 1.54) is 32.1 Å². The van der Waals surface area contributed by atoms with Gasteiger partial charge in [0.2, 0.25) is 5.91 Å². The summed E-state index contributed by atoms with van der Waals surface area (Å²) in [6, 6.07) is 0.125. The average molecular weight is 264 g/mol. The monoisotopic (exact) mass is 264 g/mol. The number of nitrogens with zero attached hydrogens (tertiary/aromatic N) is 1. The van der Waals surface area contributed by atoms with Gasteiger partial charge in [-0.15, -0.1) is 0 Å². The zero-order chi connectivity index (χ0) is 13.8. The van der Waals surface area contributed by atoms with Crippen LogP contribution in [0.3, 0.4) is 0 Å². The van der Waals surface area contributed by atoms with E-state index in [2.05, 4.69) is 25.7 Å². The van der Waals surface area contributed by atoms with Crippen molar-refractivity contribution in [3.05, 3.63) is 0 Å². The van der Waals surface area contributed by atoms with Gasteiger partial charge < -0.3 is 10.6 Å². The Balaban J connectivity index is 1.80. The summed E-state index contributed by atoms with van der Waals surface area (Å²) in [5.41, 5.74) is 6.08. The van der Waals surface area contributed by atoms with E-state index in [1.807, 2.05) is 0 Å². The van der Waals surface area contributed by atoms with Crippen LogP contribution >= 0.6 is 0 Å². The van der Waals surface area contributed by atoms with Crippen LogP contribution in [-0.4, -0.2) is 29.4 Å². The summed E-state index contributed by atoms with van der Waals surface area (Å²) in [4.78, 5) is 14.9. The quantitative estimate of drug-likeness (QED) is 0.790. The van der Waals surface area contributed by atoms with Gasteiger partial charge in [0.1, 0.15) is 0 Å². The Kier molecular flexibility index (Phi) is 3.16. The standard InChI is InChI=1S/C16H28N2O/c1-16(2,3)14(17)15(19)18-9-12-5-10-4-11(6-12)8-13(18)7-10/h10-14H,4-9,17H2,1-3H3/t10?,11?,12?,13?,14-/m1/s1. The van der Waals surface area contributed by atoms with E-state index < -0.39 is 0 Å². The fourth-order valence-electron chi connectivity index (χ4n) is 4.60. The Hall–Kier alpha value is -0.570. The van der Waals surface area contributed by atoms with Crippen LogP contribution in [0.1, 0.15) is 52.9 Å². The molecule has 1 amide bonds. The second-order valence-corrected chi connectivity index (χ2v) is 8.26. The topological polar surface area (TPSA) is 46.3 Å². The first-order valence-corrected chi connectivity index (χ1v) is 7.90. The summed E-state index contributed by atoms with van der Waals surface area (Å²) >= 11 is 0. The van der Waals surface area contributed by atoms with Crippen molar-refractivity contribution >= 4 is 5.91 Å². The minimum Gasteiger partial charge on any atom is -0.338 e. The smallest absolute Gasteiger partial charge is 0.240 e. The zero-order valence-corrected chi connectivity index (χ0v) is 12.6. The molecule has 0 aromatic rings. The molecule has 2 heterocycles. The van der Waals surface area contributed by atoms with Crippen LogP contribution in [0.2, 0.25) is 0 Å². The maximum absolute atomic E-state index is 12.8. The van der Waals surface area contributed by atoms with Gasteiger partial charge in [-0.1, -0.05) is 20.8 Å². The third kappa shape index (κ3) is 2.42. The lowest BCUT2D eigenvalue weighted by Crippen LogP contribution is -2.54. The normalized spacial score (nSPS) is 39.3. The lowest BCUT2D eigenvalue weighted by atomic mass is 9.68. The first-order chi connectivity index (χ1) is 8.84. The fourth-order valence-corrected chi connectivity index (χ4v) is 4.60. The fraction of sp³-hybridized carbons (Fsp3) is 0.938. The number of rotatable bonds is 1. The summed E-state index contributed by atoms with van der Waals surface area (Å²) in [5.74, 6) is 2.70. The predicted molar refractivity (Wildman–Crippen MR) is 76.5 cm³/mol. The molecule has 4 rings (SSSR count). The van der Waals surface area contributed by atoms with Gasteiger partial charge in [-0.25, -0.2) is 0 Å². The summed E-state index contributed by atoms with van der Waals surface area (Å²) in [6.07, 6.45) is 6.58. The molecule has 0 spiro atoms. The molecule has 19 heavy (non-hydrogen) atoms. The highest BCUT2D eigenvalue weighted by atomic mass is 16.2. The molecule has 4 bridgehead atoms. The largest absolute Gasteiger partial charge is 0.338 e. The van der Waals surface area contributed by atoms with Crippen molar-refractivity contribution in [3.63, 3.8) is 0 Å². The molecule has 3 nitrogen and oxygen atoms in total. The number of nitrogens with two attached hydrogens (primary N) is 1. The lowest BCUT2D eigenvalue weighted by molar-refractivity contribution is -0.137. The summed E-state index contributed by atoms with van der Waals surface area (Å²) in [7, 11) is 0. The Morgan fingerprint density at radius 2 is 1.58 bits per heavy atom. The first-order valence-electron chi connectivity index (χ1n) is 7.90. The van der Waals surface area contributed by atoms with E-state index in [0.717, 1.165) is 24.3 Å². The third-order valence-corrected chi connectivity index (χ3v) is 5.59. The van der Waals surface area contributed by atoms with Crippen LogP contribution in [-0.2, 0) is 4.79 Å². The lowest BCUT2D eigenvalue weighted by Gasteiger charge is -2.40. The zero-order valence-electron chi connectivity index (χ0n) is 12.6. The third-order valence-electron chi connectivity index (χ3n) is 5.59. The molecule has 4 aliphatic rings. The van der Waals surface area contributed by atoms with Crippen molar-refractivity contribution in [3.8, 4) is 0 Å². The van der Waals surface area contributed by atoms with Gasteiger partial charge in [-0.05, 0) is 55.3 Å². The van der Waals surface area contributed by atoms with Crippen molar-refractivity contribution in [1.29, 1.82) is 0 Å². The van der Waals surface area contributed by atoms with E-state index in [9.17, 15) is 4.79 Å². The molecule has 0 radical (unpaired) electrons. The number of hydrogen-bond acceptors (Lipinski definition) is 2. The van der Waals surface area contributed by atoms with Gasteiger partial charge in [-0.2, -0.15) is 0 Å². The molecule has 3 heteroatoms. The van der Waals surface area contributed by atoms with Crippen molar-refractivity contribution in [2.24, 2.45) is 28.9 Å². The molecule has 2 aliphatic carbocycles. The molecular weight excluding hydrogens is 236 g/mol. The van der Waals surface area contributed by atoms with Crippen LogP contribution in [0.15, 0.2) is 0 Å². The predicted octanol–water partition coefficient (Wildman–Crippen LogP) is 2.40. The summed E-state index contributed by atoms with van der Waals surface area (Å²) in [5, 5.41) is 0. The Labute approximate surface area is 116 Å². The number of fused-ring (bicyclic) bond motifs is 1. The molecule has 2 saturated carbocycles. The van der Waals surface area contributed by atoms with Gasteiger partial charge in [0, 0.05) is 12.6 Å². The molecule has 2 unspecified atom stereocenters. The van der Waals surface area contributed by atoms with Crippen molar-refractivity contribution in [1.82, 2.24) is 4.90 Å². The molecule has 0 aromatic heterocycles. The second kappa shape index (κ2) is 4.47. The van der Waals surface area contributed by atoms with Crippen LogP contribution in [0, 0.1) is 23.2 Å². The van der Waals surface area contributed by atoms with E-state index >= 15 is 0 Å². The van der Waals surface area contributed by atoms with Gasteiger partial charge in [0.05, 0.1) is 6.04 Å². The van der Waals surface area contributed by atoms with Crippen molar-refractivity contribution in [2.45, 2.75) is 65.0 Å². The first kappa shape index (κ1) is 13.4. The highest BCUT2D eigenvalue weighted by Crippen LogP contribution is 2.47. The number of carbonyl (C=O) groups is 1. The van der Waals surface area contributed by atoms with Crippen molar-refractivity contribution < 1.29 is 4.79 Å². The Morgan fingerprint density at radius 3 is 2.11 bits per heavy atom. The maximum atomic E-state index is 12.8. The molecule has 3 atom stereocenters. The van der Waals surface area contributed by atoms with Gasteiger partial charge in [0.25, 0.3) is 0 Å². The molecule has 2 N–H and O–H groups in total. The van der Waals surface area contributed by atoms with Gasteiger partial charge in [0.15, 0.2) is 0 Å². The number of hydrogen-bond donors (Lipinski definition) is 1. The van der Waals surface area contributed by atoms with Gasteiger partial charge >= 0.3 is 0 Å². The molecule has 2 saturated heterocycles. The van der Waals surface area contributed by atoms with E-state index in [1.54, 1.807) is 0 Å². The average Bonchev–Trinajstić information content (AvgIpc) is 2.50. The molecule has 4 fully saturated rings. The molecular formula is C16H28N2O. The summed E-state index contributed by atoms with van der Waals surface area (Å²) in [6.45, 7) is 7.17. The molecule has 2 aliphatic heterocycles. The second-order valence-electron chi connectivity index (χ2n) is 8.26. The summed E-state index contributed by atoms with van der Waals surface area (Å²) < 4.78 is 0. The Bertz CT molecular complexity index is 359. The molecule has 0 aromatic carbocycles.